The molecule has 6 aromatic heterocycles. The Morgan fingerprint density at radius 3 is 0.649 bits per heavy atom. The quantitative estimate of drug-likeness (QED) is 0.121. The van der Waals surface area contributed by atoms with Crippen molar-refractivity contribution in [3.05, 3.63) is 131 Å². The van der Waals surface area contributed by atoms with Crippen LogP contribution in [-0.4, -0.2) is 65.7 Å². The van der Waals surface area contributed by atoms with E-state index in [1.807, 2.05) is 0 Å². The average Bonchev–Trinajstić information content (AvgIpc) is 3.17. The molecule has 0 aliphatic carbocycles. The number of rotatable bonds is 10. The van der Waals surface area contributed by atoms with Crippen molar-refractivity contribution in [1.29, 1.82) is 0 Å². The summed E-state index contributed by atoms with van der Waals surface area (Å²) in [5.74, 6) is -8.74. The third kappa shape index (κ3) is 11.8. The van der Waals surface area contributed by atoms with Crippen LogP contribution in [0.2, 0.25) is 0 Å². The van der Waals surface area contributed by atoms with Gasteiger partial charge in [-0.25, -0.2) is 9.97 Å². The van der Waals surface area contributed by atoms with Gasteiger partial charge >= 0.3 is 58.4 Å². The molecular weight excluding hydrogens is 1010 g/mol. The van der Waals surface area contributed by atoms with Gasteiger partial charge in [-0.3, -0.25) is 19.9 Å². The maximum Gasteiger partial charge on any atom is 2.00 e. The Kier molecular flexibility index (Phi) is 16.8. The molecule has 286 valence electrons. The molecule has 0 saturated heterocycles. The average molecular weight is 1030 g/mol. The number of carbonyl (C=O) groups excluding carboxylic acids is 6. The van der Waals surface area contributed by atoms with Crippen LogP contribution in [0.1, 0.15) is 62.1 Å². The smallest absolute Gasteiger partial charge is 0.545 e. The summed E-state index contributed by atoms with van der Waals surface area (Å²) in [6, 6.07) is 14.2. The van der Waals surface area contributed by atoms with Crippen LogP contribution in [0.4, 0.5) is 0 Å². The molecule has 57 heavy (non-hydrogen) atoms. The molecule has 6 heterocycles. The first-order valence-electron chi connectivity index (χ1n) is 14.9. The predicted molar refractivity (Wildman–Crippen MR) is 167 cm³/mol. The van der Waals surface area contributed by atoms with E-state index in [0.717, 1.165) is 24.3 Å². The first kappa shape index (κ1) is 46.7. The van der Waals surface area contributed by atoms with Crippen LogP contribution in [0, 0.1) is 0 Å². The van der Waals surface area contributed by atoms with E-state index in [1.54, 1.807) is 0 Å². The monoisotopic (exact) mass is 1030 g/mol. The largest absolute Gasteiger partial charge is 2.00 e. The number of aromatic nitrogens is 6. The number of pyridine rings is 6. The number of carboxylic acid groups (broad SMARTS) is 6. The Hall–Kier alpha value is -6.41. The van der Waals surface area contributed by atoms with Crippen LogP contribution in [0.15, 0.2) is 97.6 Å². The minimum atomic E-state index is -1.51. The van der Waals surface area contributed by atoms with Crippen LogP contribution in [0.25, 0.3) is 45.6 Å². The molecule has 0 unspecified atom stereocenters. The van der Waals surface area contributed by atoms with Gasteiger partial charge in [0, 0.05) is 58.2 Å². The molecular formula is C36H16N6O12Ru3. The van der Waals surface area contributed by atoms with E-state index in [1.165, 1.54) is 73.3 Å². The summed E-state index contributed by atoms with van der Waals surface area (Å²) in [7, 11) is 0. The SMILES string of the molecule is O=C([O-])c1ccnc(-c2cc(C(=O)[O-])cc(-c3cc(C(=O)[O-])ccn3)n2)c1.O=C([O-])c1ccnc(-c2cc(C(=O)[O-])cc(-c3cc(C(=O)[O-])ccn3)n2)c1.[Ru+2].[Ru+2].[Ru+2]. The molecule has 0 bridgehead atoms. The van der Waals surface area contributed by atoms with Gasteiger partial charge in [-0.1, -0.05) is 0 Å². The van der Waals surface area contributed by atoms with Crippen molar-refractivity contribution in [2.45, 2.75) is 0 Å². The maximum absolute atomic E-state index is 11.3. The van der Waals surface area contributed by atoms with Crippen LogP contribution in [0.3, 0.4) is 0 Å². The molecule has 0 amide bonds. The fraction of sp³-hybridized carbons (Fsp3) is 0. The van der Waals surface area contributed by atoms with Gasteiger partial charge in [0.2, 0.25) is 0 Å². The normalized spacial score (nSPS) is 9.82. The summed E-state index contributed by atoms with van der Waals surface area (Å²) in [6.45, 7) is 0. The molecule has 0 fully saturated rings. The third-order valence-electron chi connectivity index (χ3n) is 7.15. The van der Waals surface area contributed by atoms with Crippen LogP contribution < -0.4 is 30.6 Å². The molecule has 6 aromatic rings. The van der Waals surface area contributed by atoms with Crippen LogP contribution in [0.5, 0.6) is 0 Å². The van der Waals surface area contributed by atoms with Gasteiger partial charge < -0.3 is 59.4 Å². The van der Waals surface area contributed by atoms with Gasteiger partial charge in [-0.15, -0.1) is 0 Å². The van der Waals surface area contributed by atoms with E-state index in [2.05, 4.69) is 29.9 Å². The fourth-order valence-electron chi connectivity index (χ4n) is 4.61. The van der Waals surface area contributed by atoms with Crippen LogP contribution >= 0.6 is 0 Å². The first-order chi connectivity index (χ1) is 25.7. The van der Waals surface area contributed by atoms with E-state index in [0.29, 0.717) is 0 Å². The molecule has 0 aliphatic rings. The number of carbonyl (C=O) groups is 6. The van der Waals surface area contributed by atoms with E-state index in [4.69, 9.17) is 0 Å². The molecule has 0 atom stereocenters. The van der Waals surface area contributed by atoms with E-state index >= 15 is 0 Å². The Balaban J connectivity index is 0.000000374. The fourth-order valence-corrected chi connectivity index (χ4v) is 4.61. The molecule has 0 aliphatic heterocycles. The molecule has 0 aromatic carbocycles. The number of hydrogen-bond acceptors (Lipinski definition) is 18. The van der Waals surface area contributed by atoms with Gasteiger partial charge in [-0.05, 0) is 72.8 Å². The Labute approximate surface area is 358 Å². The van der Waals surface area contributed by atoms with Crippen molar-refractivity contribution < 1.29 is 118 Å². The third-order valence-corrected chi connectivity index (χ3v) is 7.15. The second-order valence-electron chi connectivity index (χ2n) is 10.7. The van der Waals surface area contributed by atoms with Crippen molar-refractivity contribution in [3.63, 3.8) is 0 Å². The second kappa shape index (κ2) is 20.5. The summed E-state index contributed by atoms with van der Waals surface area (Å²) >= 11 is 0. The maximum atomic E-state index is 11.3. The molecule has 0 saturated carbocycles. The topological polar surface area (TPSA) is 318 Å². The first-order valence-corrected chi connectivity index (χ1v) is 14.9. The van der Waals surface area contributed by atoms with Crippen molar-refractivity contribution in [3.8, 4) is 45.6 Å². The van der Waals surface area contributed by atoms with Gasteiger partial charge in [0.1, 0.15) is 0 Å². The Morgan fingerprint density at radius 1 is 0.298 bits per heavy atom. The number of aromatic carboxylic acids is 6. The molecule has 6 rings (SSSR count). The second-order valence-corrected chi connectivity index (χ2v) is 10.7. The van der Waals surface area contributed by atoms with E-state index < -0.39 is 35.8 Å². The Morgan fingerprint density at radius 2 is 0.474 bits per heavy atom. The molecule has 0 spiro atoms. The van der Waals surface area contributed by atoms with Gasteiger partial charge in [0.15, 0.2) is 0 Å². The zero-order chi connectivity index (χ0) is 39.1. The Bertz CT molecular complexity index is 2200. The molecule has 18 nitrogen and oxygen atoms in total. The number of nitrogens with zero attached hydrogens (tertiary/aromatic N) is 6. The van der Waals surface area contributed by atoms with Crippen molar-refractivity contribution in [1.82, 2.24) is 29.9 Å². The standard InChI is InChI=1S/2C18H11N3O6.3Ru/c2*22-16(23)9-1-3-19-12(5-9)14-7-11(18(26)27)8-15(21-14)13-6-10(17(24)25)2-4-20-13;;;/h2*1-8H,(H,22,23)(H,24,25)(H,26,27);;;/q;;3*+2/p-6. The van der Waals surface area contributed by atoms with Crippen molar-refractivity contribution in [2.75, 3.05) is 0 Å². The minimum Gasteiger partial charge on any atom is -0.545 e. The van der Waals surface area contributed by atoms with Gasteiger partial charge in [0.05, 0.1) is 81.4 Å². The zero-order valence-electron chi connectivity index (χ0n) is 27.9. The summed E-state index contributed by atoms with van der Waals surface area (Å²) in [5.41, 5.74) is -0.732. The van der Waals surface area contributed by atoms with Gasteiger partial charge in [-0.2, -0.15) is 0 Å². The zero-order valence-corrected chi connectivity index (χ0v) is 33.1. The molecule has 21 heteroatoms. The molecule has 0 N–H and O–H groups in total. The summed E-state index contributed by atoms with van der Waals surface area (Å²) < 4.78 is 0. The molecule has 0 radical (unpaired) electrons. The summed E-state index contributed by atoms with van der Waals surface area (Å²) in [6.07, 6.45) is 4.84. The van der Waals surface area contributed by atoms with Crippen LogP contribution in [-0.2, 0) is 58.4 Å². The predicted octanol–water partition coefficient (Wildman–Crippen LogP) is -3.42. The van der Waals surface area contributed by atoms with E-state index in [-0.39, 0.29) is 137 Å². The van der Waals surface area contributed by atoms with Crippen molar-refractivity contribution in [2.24, 2.45) is 0 Å². The van der Waals surface area contributed by atoms with Crippen molar-refractivity contribution >= 4 is 35.8 Å². The summed E-state index contributed by atoms with van der Waals surface area (Å²) in [4.78, 5) is 91.1. The number of carboxylic acids is 6. The minimum absolute atomic E-state index is 0. The van der Waals surface area contributed by atoms with Gasteiger partial charge in [0.25, 0.3) is 0 Å². The van der Waals surface area contributed by atoms with E-state index in [9.17, 15) is 59.4 Å². The number of hydrogen-bond donors (Lipinski definition) is 0. The summed E-state index contributed by atoms with van der Waals surface area (Å²) in [5, 5.41) is 66.7.